The Kier molecular flexibility index (Phi) is 3.47. The van der Waals surface area contributed by atoms with E-state index in [4.69, 9.17) is 0 Å². The molecule has 7 heavy (non-hydrogen) atoms. The smallest absolute Gasteiger partial charge is 0 e. The molecular formula is C4H4CoFeN. The molecule has 42 valence electrons. The third kappa shape index (κ3) is 2.19. The third-order valence-electron chi connectivity index (χ3n) is 0.555. The normalized spacial score (nSPS) is 7.71. The summed E-state index contributed by atoms with van der Waals surface area (Å²) >= 11 is 4.00. The average molecular weight is 181 g/mol. The average Bonchev–Trinajstić information content (AvgIpc) is 1.86. The van der Waals surface area contributed by atoms with Crippen LogP contribution in [0.4, 0.5) is 0 Å². The molecule has 0 radical (unpaired) electrons. The summed E-state index contributed by atoms with van der Waals surface area (Å²) in [5, 5.41) is 0. The molecule has 0 amide bonds. The first-order valence-corrected chi connectivity index (χ1v) is 2.13. The van der Waals surface area contributed by atoms with Gasteiger partial charge in [0, 0.05) is 17.1 Å². The molecule has 1 rings (SSSR count). The van der Waals surface area contributed by atoms with Crippen molar-refractivity contribution in [3.05, 3.63) is 24.5 Å². The van der Waals surface area contributed by atoms with Crippen molar-refractivity contribution in [3.8, 4) is 0 Å². The van der Waals surface area contributed by atoms with Crippen molar-refractivity contribution in [2.24, 2.45) is 0 Å². The third-order valence-corrected chi connectivity index (χ3v) is 0.865. The summed E-state index contributed by atoms with van der Waals surface area (Å²) < 4.78 is 1.69. The van der Waals surface area contributed by atoms with Crippen molar-refractivity contribution in [2.75, 3.05) is 0 Å². The quantitative estimate of drug-likeness (QED) is 0.521. The van der Waals surface area contributed by atoms with Gasteiger partial charge in [-0.1, -0.05) is 0 Å². The molecule has 0 spiro atoms. The summed E-state index contributed by atoms with van der Waals surface area (Å²) in [6, 6.07) is 3.84. The van der Waals surface area contributed by atoms with Crippen LogP contribution in [0.5, 0.6) is 0 Å². The predicted molar refractivity (Wildman–Crippen MR) is 19.8 cm³/mol. The van der Waals surface area contributed by atoms with Gasteiger partial charge in [0.25, 0.3) is 0 Å². The molecule has 0 aromatic carbocycles. The molecule has 0 saturated heterocycles. The molecule has 3 heteroatoms. The Morgan fingerprint density at radius 3 is 1.71 bits per heavy atom. The van der Waals surface area contributed by atoms with E-state index in [-0.39, 0.29) is 17.1 Å². The fourth-order valence-corrected chi connectivity index (χ4v) is 0.485. The van der Waals surface area contributed by atoms with E-state index in [9.17, 15) is 0 Å². The Bertz CT molecular complexity index is 115. The van der Waals surface area contributed by atoms with Gasteiger partial charge in [-0.3, -0.25) is 0 Å². The SMILES string of the molecule is [Co][n]1cccc1.[Fe]. The van der Waals surface area contributed by atoms with Gasteiger partial charge < -0.3 is 0 Å². The minimum absolute atomic E-state index is 0. The fraction of sp³-hybridized carbons (Fsp3) is 0. The fourth-order valence-electron chi connectivity index (χ4n) is 0.306. The molecule has 1 nitrogen and oxygen atoms in total. The van der Waals surface area contributed by atoms with Crippen LogP contribution in [-0.4, -0.2) is 3.62 Å². The van der Waals surface area contributed by atoms with Gasteiger partial charge in [-0.25, -0.2) is 0 Å². The number of nitrogens with zero attached hydrogens (tertiary/aromatic N) is 1. The topological polar surface area (TPSA) is 4.93 Å². The van der Waals surface area contributed by atoms with E-state index >= 15 is 0 Å². The van der Waals surface area contributed by atoms with E-state index in [2.05, 4.69) is 16.0 Å². The van der Waals surface area contributed by atoms with E-state index in [1.165, 1.54) is 0 Å². The maximum absolute atomic E-state index is 4.00. The predicted octanol–water partition coefficient (Wildman–Crippen LogP) is 0.795. The molecule has 0 bridgehead atoms. The van der Waals surface area contributed by atoms with Gasteiger partial charge in [-0.05, 0) is 0 Å². The molecule has 1 aromatic rings. The molecule has 0 aliphatic heterocycles. The van der Waals surface area contributed by atoms with Crippen LogP contribution in [0.1, 0.15) is 0 Å². The van der Waals surface area contributed by atoms with Crippen LogP contribution in [0.15, 0.2) is 24.5 Å². The Morgan fingerprint density at radius 2 is 1.57 bits per heavy atom. The van der Waals surface area contributed by atoms with Crippen molar-refractivity contribution in [1.29, 1.82) is 0 Å². The van der Waals surface area contributed by atoms with Gasteiger partial charge in [-0.15, -0.1) is 0 Å². The number of aromatic nitrogens is 1. The second kappa shape index (κ2) is 3.33. The molecule has 1 heterocycles. The van der Waals surface area contributed by atoms with Gasteiger partial charge in [0.05, 0.1) is 0 Å². The molecule has 0 atom stereocenters. The van der Waals surface area contributed by atoms with Crippen LogP contribution in [0.25, 0.3) is 0 Å². The molecule has 0 aliphatic carbocycles. The summed E-state index contributed by atoms with van der Waals surface area (Å²) in [5.74, 6) is 0. The van der Waals surface area contributed by atoms with Crippen molar-refractivity contribution in [1.82, 2.24) is 3.62 Å². The van der Waals surface area contributed by atoms with Crippen LogP contribution in [0, 0.1) is 0 Å². The van der Waals surface area contributed by atoms with Crippen molar-refractivity contribution >= 4 is 0 Å². The van der Waals surface area contributed by atoms with Gasteiger partial charge >= 0.3 is 44.1 Å². The molecular weight excluding hydrogens is 177 g/mol. The van der Waals surface area contributed by atoms with Gasteiger partial charge in [0.1, 0.15) is 0 Å². The minimum Gasteiger partial charge on any atom is 0 e. The van der Waals surface area contributed by atoms with Gasteiger partial charge in [0.2, 0.25) is 0 Å². The molecule has 0 unspecified atom stereocenters. The maximum atomic E-state index is 4.00. The zero-order valence-electron chi connectivity index (χ0n) is 3.44. The molecule has 0 fully saturated rings. The van der Waals surface area contributed by atoms with Crippen molar-refractivity contribution in [3.63, 3.8) is 0 Å². The maximum Gasteiger partial charge on any atom is 0 e. The van der Waals surface area contributed by atoms with Crippen LogP contribution >= 0.6 is 0 Å². The molecule has 0 N–H and O–H groups in total. The standard InChI is InChI=1S/C4H4N.Co.Fe/c1-2-4-5-3-1;;/h1-4H;;/q-1;+1;. The van der Waals surface area contributed by atoms with E-state index < -0.39 is 0 Å². The van der Waals surface area contributed by atoms with Gasteiger partial charge in [-0.2, -0.15) is 0 Å². The van der Waals surface area contributed by atoms with E-state index in [1.807, 2.05) is 24.5 Å². The first-order valence-electron chi connectivity index (χ1n) is 1.67. The second-order valence-electron chi connectivity index (χ2n) is 1.00. The Balaban J connectivity index is 0.000000360. The summed E-state index contributed by atoms with van der Waals surface area (Å²) in [6.45, 7) is 0. The van der Waals surface area contributed by atoms with Crippen LogP contribution in [-0.2, 0) is 33.0 Å². The van der Waals surface area contributed by atoms with Crippen molar-refractivity contribution in [2.45, 2.75) is 0 Å². The zero-order valence-corrected chi connectivity index (χ0v) is 5.59. The zero-order chi connectivity index (χ0) is 4.41. The monoisotopic (exact) mass is 181 g/mol. The summed E-state index contributed by atoms with van der Waals surface area (Å²) in [5.41, 5.74) is 0. The molecule has 0 aliphatic rings. The van der Waals surface area contributed by atoms with Crippen LogP contribution < -0.4 is 0 Å². The van der Waals surface area contributed by atoms with E-state index in [1.54, 1.807) is 3.62 Å². The van der Waals surface area contributed by atoms with E-state index in [0.29, 0.717) is 0 Å². The van der Waals surface area contributed by atoms with Gasteiger partial charge in [0.15, 0.2) is 0 Å². The summed E-state index contributed by atoms with van der Waals surface area (Å²) in [6.07, 6.45) is 3.72. The molecule has 1 aromatic heterocycles. The number of rotatable bonds is 0. The first kappa shape index (κ1) is 7.31. The number of hydrogen-bond acceptors (Lipinski definition) is 0. The van der Waals surface area contributed by atoms with Crippen LogP contribution in [0.2, 0.25) is 0 Å². The number of hydrogen-bond donors (Lipinski definition) is 0. The summed E-state index contributed by atoms with van der Waals surface area (Å²) in [7, 11) is 0. The van der Waals surface area contributed by atoms with Crippen LogP contribution in [0.3, 0.4) is 0 Å². The Hall–Kier alpha value is 0.306. The van der Waals surface area contributed by atoms with Crippen molar-refractivity contribution < 1.29 is 33.0 Å². The Morgan fingerprint density at radius 1 is 1.14 bits per heavy atom. The molecule has 0 saturated carbocycles. The van der Waals surface area contributed by atoms with E-state index in [0.717, 1.165) is 0 Å². The summed E-state index contributed by atoms with van der Waals surface area (Å²) in [4.78, 5) is 0. The Labute approximate surface area is 61.4 Å². The largest absolute Gasteiger partial charge is 0 e. The minimum atomic E-state index is 0. The second-order valence-corrected chi connectivity index (χ2v) is 1.54. The first-order chi connectivity index (χ1) is 2.89.